The minimum absolute atomic E-state index is 0.352. The minimum atomic E-state index is -0.679. The summed E-state index contributed by atoms with van der Waals surface area (Å²) >= 11 is 1.74. The molecule has 0 aromatic heterocycles. The van der Waals surface area contributed by atoms with E-state index >= 15 is 0 Å². The Kier molecular flexibility index (Phi) is 3.23. The van der Waals surface area contributed by atoms with Crippen molar-refractivity contribution in [3.63, 3.8) is 0 Å². The molecule has 5 heteroatoms. The molecule has 0 saturated carbocycles. The van der Waals surface area contributed by atoms with Crippen LogP contribution in [0.15, 0.2) is 0 Å². The highest BCUT2D eigenvalue weighted by Crippen LogP contribution is 2.29. The van der Waals surface area contributed by atoms with E-state index in [2.05, 4.69) is 17.3 Å². The number of rotatable bonds is 3. The fraction of sp³-hybridized carbons (Fsp3) is 0.900. The molecule has 2 unspecified atom stereocenters. The quantitative estimate of drug-likeness (QED) is 0.727. The number of hydrogen-bond donors (Lipinski definition) is 2. The summed E-state index contributed by atoms with van der Waals surface area (Å²) in [4.78, 5) is 13.5. The van der Waals surface area contributed by atoms with Gasteiger partial charge in [-0.1, -0.05) is 0 Å². The lowest BCUT2D eigenvalue weighted by molar-refractivity contribution is -0.144. The van der Waals surface area contributed by atoms with E-state index < -0.39 is 11.5 Å². The first-order chi connectivity index (χ1) is 7.12. The zero-order valence-corrected chi connectivity index (χ0v) is 9.85. The number of nitrogens with one attached hydrogen (secondary N) is 1. The zero-order chi connectivity index (χ0) is 10.9. The van der Waals surface area contributed by atoms with E-state index in [4.69, 9.17) is 0 Å². The van der Waals surface area contributed by atoms with Gasteiger partial charge in [-0.2, -0.15) is 11.8 Å². The molecule has 2 heterocycles. The standard InChI is InChI=1S/C10H18N2O2S/c1-12-4-2-8(6-12)11-10(9(13)14)3-5-15-7-10/h8,11H,2-7H2,1H3,(H,13,14). The number of likely N-dealkylation sites (N-methyl/N-ethyl adjacent to an activating group) is 1. The van der Waals surface area contributed by atoms with Gasteiger partial charge in [0, 0.05) is 18.3 Å². The maximum absolute atomic E-state index is 11.3. The molecule has 0 radical (unpaired) electrons. The van der Waals surface area contributed by atoms with Gasteiger partial charge in [0.25, 0.3) is 0 Å². The Labute approximate surface area is 94.4 Å². The Morgan fingerprint density at radius 3 is 2.93 bits per heavy atom. The van der Waals surface area contributed by atoms with Crippen molar-refractivity contribution < 1.29 is 9.90 Å². The van der Waals surface area contributed by atoms with E-state index in [1.165, 1.54) is 0 Å². The molecule has 0 aromatic rings. The minimum Gasteiger partial charge on any atom is -0.480 e. The van der Waals surface area contributed by atoms with Crippen LogP contribution in [-0.2, 0) is 4.79 Å². The molecule has 2 rings (SSSR count). The SMILES string of the molecule is CN1CCC(NC2(C(=O)O)CCSC2)C1. The second kappa shape index (κ2) is 4.31. The molecule has 2 aliphatic rings. The number of carbonyl (C=O) groups is 1. The van der Waals surface area contributed by atoms with Crippen molar-refractivity contribution in [2.24, 2.45) is 0 Å². The van der Waals surface area contributed by atoms with Crippen LogP contribution in [0.3, 0.4) is 0 Å². The highest BCUT2D eigenvalue weighted by molar-refractivity contribution is 7.99. The Morgan fingerprint density at radius 1 is 1.67 bits per heavy atom. The lowest BCUT2D eigenvalue weighted by Crippen LogP contribution is -2.56. The molecule has 86 valence electrons. The summed E-state index contributed by atoms with van der Waals surface area (Å²) in [5.74, 6) is 0.992. The van der Waals surface area contributed by atoms with Gasteiger partial charge in [-0.05, 0) is 32.2 Å². The van der Waals surface area contributed by atoms with Crippen molar-refractivity contribution in [2.75, 3.05) is 31.6 Å². The van der Waals surface area contributed by atoms with Gasteiger partial charge in [0.05, 0.1) is 0 Å². The predicted octanol–water partition coefficient (Wildman–Crippen LogP) is 0.240. The van der Waals surface area contributed by atoms with Crippen molar-refractivity contribution in [3.8, 4) is 0 Å². The van der Waals surface area contributed by atoms with Gasteiger partial charge in [-0.25, -0.2) is 0 Å². The van der Waals surface area contributed by atoms with Crippen molar-refractivity contribution in [3.05, 3.63) is 0 Å². The molecule has 0 aliphatic carbocycles. The molecule has 0 bridgehead atoms. The lowest BCUT2D eigenvalue weighted by atomic mass is 9.97. The number of hydrogen-bond acceptors (Lipinski definition) is 4. The van der Waals surface area contributed by atoms with Crippen LogP contribution in [0.4, 0.5) is 0 Å². The maximum Gasteiger partial charge on any atom is 0.324 e. The summed E-state index contributed by atoms with van der Waals surface area (Å²) in [5.41, 5.74) is -0.652. The van der Waals surface area contributed by atoms with Crippen molar-refractivity contribution >= 4 is 17.7 Å². The van der Waals surface area contributed by atoms with E-state index in [9.17, 15) is 9.90 Å². The fourth-order valence-electron chi connectivity index (χ4n) is 2.35. The van der Waals surface area contributed by atoms with Crippen LogP contribution >= 0.6 is 11.8 Å². The first-order valence-corrected chi connectivity index (χ1v) is 6.55. The summed E-state index contributed by atoms with van der Waals surface area (Å²) < 4.78 is 0. The van der Waals surface area contributed by atoms with Crippen molar-refractivity contribution in [1.82, 2.24) is 10.2 Å². The summed E-state index contributed by atoms with van der Waals surface area (Å²) in [7, 11) is 2.08. The van der Waals surface area contributed by atoms with Crippen LogP contribution in [0.5, 0.6) is 0 Å². The molecule has 2 saturated heterocycles. The molecule has 0 spiro atoms. The second-order valence-electron chi connectivity index (χ2n) is 4.58. The van der Waals surface area contributed by atoms with Crippen LogP contribution < -0.4 is 5.32 Å². The van der Waals surface area contributed by atoms with Gasteiger partial charge >= 0.3 is 5.97 Å². The van der Waals surface area contributed by atoms with E-state index in [1.807, 2.05) is 0 Å². The molecular weight excluding hydrogens is 212 g/mol. The molecule has 0 aromatic carbocycles. The third kappa shape index (κ3) is 2.29. The highest BCUT2D eigenvalue weighted by atomic mass is 32.2. The number of carboxylic acids is 1. The van der Waals surface area contributed by atoms with E-state index in [-0.39, 0.29) is 0 Å². The molecule has 2 atom stereocenters. The third-order valence-corrected chi connectivity index (χ3v) is 4.49. The normalized spacial score (nSPS) is 37.3. The Morgan fingerprint density at radius 2 is 2.47 bits per heavy atom. The van der Waals surface area contributed by atoms with Gasteiger partial charge < -0.3 is 10.0 Å². The molecule has 4 nitrogen and oxygen atoms in total. The lowest BCUT2D eigenvalue weighted by Gasteiger charge is -2.28. The summed E-state index contributed by atoms with van der Waals surface area (Å²) in [6.45, 7) is 2.04. The third-order valence-electron chi connectivity index (χ3n) is 3.30. The summed E-state index contributed by atoms with van der Waals surface area (Å²) in [6.07, 6.45) is 1.82. The first kappa shape index (κ1) is 11.2. The van der Waals surface area contributed by atoms with Crippen molar-refractivity contribution in [1.29, 1.82) is 0 Å². The van der Waals surface area contributed by atoms with E-state index in [1.54, 1.807) is 11.8 Å². The number of thioether (sulfide) groups is 1. The largest absolute Gasteiger partial charge is 0.480 e. The van der Waals surface area contributed by atoms with Crippen LogP contribution in [0.1, 0.15) is 12.8 Å². The zero-order valence-electron chi connectivity index (χ0n) is 9.03. The smallest absolute Gasteiger partial charge is 0.324 e. The first-order valence-electron chi connectivity index (χ1n) is 5.40. The molecule has 2 fully saturated rings. The number of aliphatic carboxylic acids is 1. The second-order valence-corrected chi connectivity index (χ2v) is 5.69. The molecule has 2 N–H and O–H groups in total. The maximum atomic E-state index is 11.3. The number of carboxylic acid groups (broad SMARTS) is 1. The van der Waals surface area contributed by atoms with Crippen molar-refractivity contribution in [2.45, 2.75) is 24.4 Å². The van der Waals surface area contributed by atoms with Gasteiger partial charge in [0.1, 0.15) is 5.54 Å². The van der Waals surface area contributed by atoms with Gasteiger partial charge in [0.15, 0.2) is 0 Å². The predicted molar refractivity (Wildman–Crippen MR) is 61.3 cm³/mol. The molecule has 15 heavy (non-hydrogen) atoms. The monoisotopic (exact) mass is 230 g/mol. The summed E-state index contributed by atoms with van der Waals surface area (Å²) in [6, 6.07) is 0.352. The summed E-state index contributed by atoms with van der Waals surface area (Å²) in [5, 5.41) is 12.7. The highest BCUT2D eigenvalue weighted by Gasteiger charge is 2.43. The van der Waals surface area contributed by atoms with Gasteiger partial charge in [0.2, 0.25) is 0 Å². The van der Waals surface area contributed by atoms with Gasteiger partial charge in [-0.3, -0.25) is 10.1 Å². The van der Waals surface area contributed by atoms with Crippen LogP contribution in [0.25, 0.3) is 0 Å². The number of likely N-dealkylation sites (tertiary alicyclic amines) is 1. The van der Waals surface area contributed by atoms with Crippen LogP contribution in [0.2, 0.25) is 0 Å². The Balaban J connectivity index is 1.98. The average Bonchev–Trinajstić information content (AvgIpc) is 2.77. The molecular formula is C10H18N2O2S. The van der Waals surface area contributed by atoms with E-state index in [0.717, 1.165) is 31.7 Å². The van der Waals surface area contributed by atoms with E-state index in [0.29, 0.717) is 11.8 Å². The molecule has 0 amide bonds. The van der Waals surface area contributed by atoms with Crippen LogP contribution in [-0.4, -0.2) is 59.2 Å². The topological polar surface area (TPSA) is 52.6 Å². The Hall–Kier alpha value is -0.260. The Bertz CT molecular complexity index is 254. The molecule has 2 aliphatic heterocycles. The number of nitrogens with zero attached hydrogens (tertiary/aromatic N) is 1. The van der Waals surface area contributed by atoms with Gasteiger partial charge in [-0.15, -0.1) is 0 Å². The fourth-order valence-corrected chi connectivity index (χ4v) is 3.69. The average molecular weight is 230 g/mol. The van der Waals surface area contributed by atoms with Crippen LogP contribution in [0, 0.1) is 0 Å².